The lowest BCUT2D eigenvalue weighted by Crippen LogP contribution is -2.25. The van der Waals surface area contributed by atoms with Crippen molar-refractivity contribution in [3.05, 3.63) is 42.1 Å². The Kier molecular flexibility index (Phi) is 3.63. The van der Waals surface area contributed by atoms with E-state index in [4.69, 9.17) is 0 Å². The Morgan fingerprint density at radius 3 is 2.62 bits per heavy atom. The number of ketones is 1. The number of para-hydroxylation sites is 1. The van der Waals surface area contributed by atoms with Crippen LogP contribution in [-0.4, -0.2) is 16.8 Å². The Morgan fingerprint density at radius 2 is 2.00 bits per heavy atom. The normalized spacial score (nSPS) is 20.5. The van der Waals surface area contributed by atoms with Crippen molar-refractivity contribution in [1.82, 2.24) is 0 Å². The van der Waals surface area contributed by atoms with Crippen LogP contribution in [0.5, 0.6) is 0 Å². The predicted octanol–water partition coefficient (Wildman–Crippen LogP) is 3.17. The van der Waals surface area contributed by atoms with Gasteiger partial charge in [-0.2, -0.15) is 0 Å². The lowest BCUT2D eigenvalue weighted by molar-refractivity contribution is -0.114. The summed E-state index contributed by atoms with van der Waals surface area (Å²) in [6.07, 6.45) is 3.71. The molecule has 0 fully saturated rings. The first-order chi connectivity index (χ1) is 7.68. The van der Waals surface area contributed by atoms with Gasteiger partial charge in [-0.1, -0.05) is 40.8 Å². The second kappa shape index (κ2) is 4.99. The highest BCUT2D eigenvalue weighted by Crippen LogP contribution is 2.26. The summed E-state index contributed by atoms with van der Waals surface area (Å²) >= 11 is 2.22. The van der Waals surface area contributed by atoms with Gasteiger partial charge < -0.3 is 4.90 Å². The molecule has 0 saturated carbocycles. The zero-order valence-electron chi connectivity index (χ0n) is 9.19. The van der Waals surface area contributed by atoms with Crippen LogP contribution in [0.15, 0.2) is 42.1 Å². The van der Waals surface area contributed by atoms with Gasteiger partial charge in [0.2, 0.25) is 0 Å². The van der Waals surface area contributed by atoms with E-state index >= 15 is 0 Å². The Balaban J connectivity index is 2.20. The second-order valence-corrected chi connectivity index (χ2v) is 5.44. The van der Waals surface area contributed by atoms with E-state index in [0.29, 0.717) is 0 Å². The highest BCUT2D eigenvalue weighted by molar-refractivity contribution is 14.1. The van der Waals surface area contributed by atoms with Gasteiger partial charge in [-0.25, -0.2) is 0 Å². The van der Waals surface area contributed by atoms with Crippen molar-refractivity contribution < 1.29 is 4.79 Å². The van der Waals surface area contributed by atoms with Crippen LogP contribution >= 0.6 is 22.6 Å². The number of hydrogen-bond acceptors (Lipinski definition) is 2. The molecule has 0 bridgehead atoms. The van der Waals surface area contributed by atoms with Crippen molar-refractivity contribution in [3.8, 4) is 0 Å². The number of allylic oxidation sites excluding steroid dienone is 2. The number of carbonyl (C=O) groups is 1. The first-order valence-corrected chi connectivity index (χ1v) is 6.60. The van der Waals surface area contributed by atoms with Crippen LogP contribution in [-0.2, 0) is 4.79 Å². The first kappa shape index (κ1) is 11.6. The molecule has 0 saturated heterocycles. The van der Waals surface area contributed by atoms with Crippen LogP contribution in [0.3, 0.4) is 0 Å². The molecule has 2 rings (SSSR count). The van der Waals surface area contributed by atoms with Gasteiger partial charge in [0.25, 0.3) is 0 Å². The summed E-state index contributed by atoms with van der Waals surface area (Å²) in [5, 5.41) is 0. The quantitative estimate of drug-likeness (QED) is 0.614. The van der Waals surface area contributed by atoms with Gasteiger partial charge in [-0.05, 0) is 25.0 Å². The molecule has 1 aliphatic rings. The number of anilines is 1. The molecule has 16 heavy (non-hydrogen) atoms. The Bertz CT molecular complexity index is 413. The third-order valence-electron chi connectivity index (χ3n) is 2.85. The first-order valence-electron chi connectivity index (χ1n) is 5.36. The molecule has 1 unspecified atom stereocenters. The van der Waals surface area contributed by atoms with Crippen LogP contribution in [0, 0.1) is 0 Å². The number of carbonyl (C=O) groups excluding carboxylic acids is 1. The van der Waals surface area contributed by atoms with Crippen molar-refractivity contribution >= 4 is 34.1 Å². The third-order valence-corrected chi connectivity index (χ3v) is 4.08. The van der Waals surface area contributed by atoms with Crippen molar-refractivity contribution in [2.24, 2.45) is 0 Å². The molecule has 3 heteroatoms. The van der Waals surface area contributed by atoms with Gasteiger partial charge >= 0.3 is 0 Å². The summed E-state index contributed by atoms with van der Waals surface area (Å²) in [7, 11) is 2.02. The van der Waals surface area contributed by atoms with Crippen LogP contribution in [0.2, 0.25) is 0 Å². The maximum atomic E-state index is 11.6. The summed E-state index contributed by atoms with van der Waals surface area (Å²) in [6, 6.07) is 10.1. The summed E-state index contributed by atoms with van der Waals surface area (Å²) in [5.41, 5.74) is 2.25. The minimum atomic E-state index is 0.158. The molecule has 1 aromatic carbocycles. The molecule has 0 spiro atoms. The zero-order valence-corrected chi connectivity index (χ0v) is 11.3. The molecule has 0 aromatic heterocycles. The number of hydrogen-bond donors (Lipinski definition) is 0. The van der Waals surface area contributed by atoms with E-state index in [1.54, 1.807) is 6.08 Å². The maximum absolute atomic E-state index is 11.6. The van der Waals surface area contributed by atoms with E-state index in [9.17, 15) is 4.79 Å². The molecule has 0 aliphatic heterocycles. The van der Waals surface area contributed by atoms with Crippen LogP contribution in [0.1, 0.15) is 12.8 Å². The monoisotopic (exact) mass is 327 g/mol. The predicted molar refractivity (Wildman–Crippen MR) is 75.0 cm³/mol. The summed E-state index contributed by atoms with van der Waals surface area (Å²) in [6.45, 7) is 0. The highest BCUT2D eigenvalue weighted by Gasteiger charge is 2.21. The number of benzene rings is 1. The SMILES string of the molecule is CN(C1=CC(=O)C(I)CC1)c1ccccc1. The highest BCUT2D eigenvalue weighted by atomic mass is 127. The van der Waals surface area contributed by atoms with Crippen LogP contribution in [0.4, 0.5) is 5.69 Å². The van der Waals surface area contributed by atoms with Crippen molar-refractivity contribution in [3.63, 3.8) is 0 Å². The smallest absolute Gasteiger partial charge is 0.170 e. The van der Waals surface area contributed by atoms with Crippen molar-refractivity contribution in [2.45, 2.75) is 16.8 Å². The molecule has 1 aliphatic carbocycles. The molecule has 1 atom stereocenters. The van der Waals surface area contributed by atoms with Gasteiger partial charge in [0.05, 0.1) is 3.92 Å². The fourth-order valence-electron chi connectivity index (χ4n) is 1.83. The number of rotatable bonds is 2. The molecule has 0 radical (unpaired) electrons. The molecule has 0 N–H and O–H groups in total. The van der Waals surface area contributed by atoms with E-state index in [0.717, 1.165) is 24.2 Å². The molecular formula is C13H14INO. The van der Waals surface area contributed by atoms with Crippen LogP contribution < -0.4 is 4.90 Å². The Labute approximate surface area is 109 Å². The van der Waals surface area contributed by atoms with E-state index in [-0.39, 0.29) is 9.71 Å². The summed E-state index contributed by atoms with van der Waals surface area (Å²) < 4.78 is 0.158. The summed E-state index contributed by atoms with van der Waals surface area (Å²) in [4.78, 5) is 13.7. The molecular weight excluding hydrogens is 313 g/mol. The molecule has 2 nitrogen and oxygen atoms in total. The van der Waals surface area contributed by atoms with Crippen molar-refractivity contribution in [2.75, 3.05) is 11.9 Å². The number of halogens is 1. The fourth-order valence-corrected chi connectivity index (χ4v) is 2.32. The molecule has 0 heterocycles. The standard InChI is InChI=1S/C13H14INO/c1-15(10-5-3-2-4-6-10)11-7-8-12(14)13(16)9-11/h2-6,9,12H,7-8H2,1H3. The van der Waals surface area contributed by atoms with E-state index in [1.807, 2.05) is 25.2 Å². The zero-order chi connectivity index (χ0) is 11.5. The minimum Gasteiger partial charge on any atom is -0.348 e. The van der Waals surface area contributed by atoms with Gasteiger partial charge in [0.15, 0.2) is 5.78 Å². The maximum Gasteiger partial charge on any atom is 0.170 e. The van der Waals surface area contributed by atoms with E-state index in [2.05, 4.69) is 39.6 Å². The lowest BCUT2D eigenvalue weighted by Gasteiger charge is -2.26. The fraction of sp³-hybridized carbons (Fsp3) is 0.308. The van der Waals surface area contributed by atoms with Gasteiger partial charge in [-0.15, -0.1) is 0 Å². The second-order valence-electron chi connectivity index (χ2n) is 3.94. The Morgan fingerprint density at radius 1 is 1.31 bits per heavy atom. The van der Waals surface area contributed by atoms with Gasteiger partial charge in [-0.3, -0.25) is 4.79 Å². The largest absolute Gasteiger partial charge is 0.348 e. The molecule has 84 valence electrons. The average molecular weight is 327 g/mol. The van der Waals surface area contributed by atoms with Gasteiger partial charge in [0.1, 0.15) is 0 Å². The van der Waals surface area contributed by atoms with E-state index in [1.165, 1.54) is 0 Å². The average Bonchev–Trinajstić information content (AvgIpc) is 2.33. The topological polar surface area (TPSA) is 20.3 Å². The number of alkyl halides is 1. The van der Waals surface area contributed by atoms with Crippen molar-refractivity contribution in [1.29, 1.82) is 0 Å². The Hall–Kier alpha value is -0.840. The molecule has 1 aromatic rings. The van der Waals surface area contributed by atoms with E-state index < -0.39 is 0 Å². The third kappa shape index (κ3) is 2.45. The molecule has 0 amide bonds. The summed E-state index contributed by atoms with van der Waals surface area (Å²) in [5.74, 6) is 0.240. The van der Waals surface area contributed by atoms with Crippen LogP contribution in [0.25, 0.3) is 0 Å². The number of nitrogens with zero attached hydrogens (tertiary/aromatic N) is 1. The lowest BCUT2D eigenvalue weighted by atomic mass is 10.0. The van der Waals surface area contributed by atoms with Gasteiger partial charge in [0, 0.05) is 24.5 Å². The minimum absolute atomic E-state index is 0.158.